The summed E-state index contributed by atoms with van der Waals surface area (Å²) in [6, 6.07) is 11.9. The molecule has 1 saturated heterocycles. The number of piperidine rings is 1. The average Bonchev–Trinajstić information content (AvgIpc) is 3.24. The van der Waals surface area contributed by atoms with E-state index in [-0.39, 0.29) is 6.10 Å². The second-order valence-corrected chi connectivity index (χ2v) is 11.6. The lowest BCUT2D eigenvalue weighted by Gasteiger charge is -2.44. The fourth-order valence-electron chi connectivity index (χ4n) is 6.96. The van der Waals surface area contributed by atoms with Gasteiger partial charge in [-0.2, -0.15) is 0 Å². The van der Waals surface area contributed by atoms with Gasteiger partial charge >= 0.3 is 0 Å². The maximum absolute atomic E-state index is 6.81. The molecule has 2 heterocycles. The van der Waals surface area contributed by atoms with Crippen molar-refractivity contribution in [2.75, 3.05) is 18.0 Å². The highest BCUT2D eigenvalue weighted by molar-refractivity contribution is 6.36. The third-order valence-electron chi connectivity index (χ3n) is 8.64. The van der Waals surface area contributed by atoms with Gasteiger partial charge in [0.2, 0.25) is 0 Å². The number of benzene rings is 2. The van der Waals surface area contributed by atoms with Gasteiger partial charge in [0.15, 0.2) is 0 Å². The second kappa shape index (κ2) is 9.91. The number of halogens is 2. The number of nitrogens with zero attached hydrogens (tertiary/aromatic N) is 1. The quantitative estimate of drug-likeness (QED) is 0.462. The first-order valence-electron chi connectivity index (χ1n) is 13.5. The molecule has 2 aromatic carbocycles. The van der Waals surface area contributed by atoms with E-state index in [1.807, 2.05) is 12.1 Å². The van der Waals surface area contributed by atoms with Crippen molar-refractivity contribution in [1.82, 2.24) is 5.32 Å². The lowest BCUT2D eigenvalue weighted by Crippen LogP contribution is -2.45. The largest absolute Gasteiger partial charge is 0.487 e. The van der Waals surface area contributed by atoms with Crippen molar-refractivity contribution in [2.24, 2.45) is 0 Å². The zero-order chi connectivity index (χ0) is 23.1. The topological polar surface area (TPSA) is 24.5 Å². The third-order valence-corrected chi connectivity index (χ3v) is 9.19. The van der Waals surface area contributed by atoms with Crippen molar-refractivity contribution in [3.05, 3.63) is 45.9 Å². The lowest BCUT2D eigenvalue weighted by molar-refractivity contribution is 0.172. The average molecular weight is 500 g/mol. The van der Waals surface area contributed by atoms with E-state index in [1.165, 1.54) is 81.0 Å². The first-order chi connectivity index (χ1) is 16.7. The molecule has 0 bridgehead atoms. The van der Waals surface area contributed by atoms with E-state index >= 15 is 0 Å². The molecule has 2 aliphatic heterocycles. The molecule has 0 amide bonds. The predicted octanol–water partition coefficient (Wildman–Crippen LogP) is 7.97. The van der Waals surface area contributed by atoms with Crippen LogP contribution in [-0.2, 0) is 0 Å². The molecule has 3 nitrogen and oxygen atoms in total. The van der Waals surface area contributed by atoms with E-state index in [0.29, 0.717) is 23.0 Å². The minimum atomic E-state index is 0.283. The van der Waals surface area contributed by atoms with Crippen LogP contribution in [0.2, 0.25) is 10.0 Å². The smallest absolute Gasteiger partial charge is 0.146 e. The van der Waals surface area contributed by atoms with Gasteiger partial charge in [-0.3, -0.25) is 0 Å². The highest BCUT2D eigenvalue weighted by Crippen LogP contribution is 2.51. The molecule has 3 fully saturated rings. The zero-order valence-electron chi connectivity index (χ0n) is 20.0. The van der Waals surface area contributed by atoms with Crippen LogP contribution in [0.4, 0.5) is 5.69 Å². The third kappa shape index (κ3) is 4.33. The molecule has 0 radical (unpaired) electrons. The highest BCUT2D eigenvalue weighted by atomic mass is 35.5. The zero-order valence-corrected chi connectivity index (χ0v) is 21.5. The molecule has 2 aliphatic carbocycles. The lowest BCUT2D eigenvalue weighted by atomic mass is 9.86. The molecular weight excluding hydrogens is 463 g/mol. The maximum atomic E-state index is 6.81. The van der Waals surface area contributed by atoms with Crippen molar-refractivity contribution < 1.29 is 4.74 Å². The Kier molecular flexibility index (Phi) is 6.71. The van der Waals surface area contributed by atoms with Crippen LogP contribution in [0.25, 0.3) is 11.1 Å². The summed E-state index contributed by atoms with van der Waals surface area (Å²) in [5, 5.41) is 5.01. The molecule has 6 rings (SSSR count). The summed E-state index contributed by atoms with van der Waals surface area (Å²) in [4.78, 5) is 2.83. The van der Waals surface area contributed by atoms with Crippen molar-refractivity contribution in [3.8, 4) is 16.9 Å². The Morgan fingerprint density at radius 3 is 2.21 bits per heavy atom. The first kappa shape index (κ1) is 23.0. The van der Waals surface area contributed by atoms with Crippen molar-refractivity contribution in [2.45, 2.75) is 94.7 Å². The molecule has 2 atom stereocenters. The van der Waals surface area contributed by atoms with Gasteiger partial charge in [-0.1, -0.05) is 67.8 Å². The molecule has 0 spiro atoms. The van der Waals surface area contributed by atoms with E-state index in [4.69, 9.17) is 27.9 Å². The molecule has 5 heteroatoms. The van der Waals surface area contributed by atoms with Gasteiger partial charge in [-0.25, -0.2) is 0 Å². The van der Waals surface area contributed by atoms with Gasteiger partial charge in [0.05, 0.1) is 5.69 Å². The number of rotatable bonds is 4. The Labute approximate surface area is 214 Å². The summed E-state index contributed by atoms with van der Waals surface area (Å²) in [6.45, 7) is 2.02. The predicted molar refractivity (Wildman–Crippen MR) is 143 cm³/mol. The summed E-state index contributed by atoms with van der Waals surface area (Å²) in [5.74, 6) is 1.57. The standard InChI is InChI=1S/C29H36Cl2N2O/c30-20-11-12-23(26(31)17-20)19-15-24-25-18-32-14-13-28(25)34-29(24)27(16-19)33(21-7-3-1-4-8-21)22-9-5-2-6-10-22/h11-12,15-17,21-22,25,28,32H,1-10,13-14,18H2/t25-,28-/m0/s1. The maximum Gasteiger partial charge on any atom is 0.146 e. The number of hydrogen-bond acceptors (Lipinski definition) is 3. The summed E-state index contributed by atoms with van der Waals surface area (Å²) in [6.07, 6.45) is 14.7. The van der Waals surface area contributed by atoms with Crippen LogP contribution in [0, 0.1) is 0 Å². The second-order valence-electron chi connectivity index (χ2n) is 10.8. The van der Waals surface area contributed by atoms with Crippen LogP contribution < -0.4 is 15.0 Å². The number of hydrogen-bond donors (Lipinski definition) is 1. The SMILES string of the molecule is Clc1ccc(-c2cc3c(c(N(C4CCCCC4)C4CCCCC4)c2)O[C@H]2CCNC[C@@H]32)c(Cl)c1. The molecule has 4 aliphatic rings. The Balaban J connectivity index is 1.50. The van der Waals surface area contributed by atoms with Gasteiger partial charge < -0.3 is 15.0 Å². The molecule has 1 N–H and O–H groups in total. The van der Waals surface area contributed by atoms with E-state index in [0.717, 1.165) is 35.8 Å². The Bertz CT molecular complexity index is 1010. The summed E-state index contributed by atoms with van der Waals surface area (Å²) in [5.41, 5.74) is 4.95. The Hall–Kier alpha value is -1.42. The van der Waals surface area contributed by atoms with Crippen LogP contribution in [-0.4, -0.2) is 31.3 Å². The number of anilines is 1. The Morgan fingerprint density at radius 2 is 1.53 bits per heavy atom. The van der Waals surface area contributed by atoms with Crippen molar-refractivity contribution >= 4 is 28.9 Å². The Morgan fingerprint density at radius 1 is 0.824 bits per heavy atom. The van der Waals surface area contributed by atoms with E-state index in [9.17, 15) is 0 Å². The van der Waals surface area contributed by atoms with Crippen LogP contribution in [0.15, 0.2) is 30.3 Å². The molecule has 34 heavy (non-hydrogen) atoms. The highest BCUT2D eigenvalue weighted by Gasteiger charge is 2.41. The normalized spacial score (nSPS) is 25.5. The van der Waals surface area contributed by atoms with Crippen LogP contribution >= 0.6 is 23.2 Å². The fourth-order valence-corrected chi connectivity index (χ4v) is 7.47. The summed E-state index contributed by atoms with van der Waals surface area (Å²) in [7, 11) is 0. The summed E-state index contributed by atoms with van der Waals surface area (Å²) < 4.78 is 6.81. The molecule has 182 valence electrons. The van der Waals surface area contributed by atoms with Crippen LogP contribution in [0.1, 0.15) is 82.1 Å². The van der Waals surface area contributed by atoms with Crippen LogP contribution in [0.5, 0.6) is 5.75 Å². The van der Waals surface area contributed by atoms with Crippen molar-refractivity contribution in [1.29, 1.82) is 0 Å². The van der Waals surface area contributed by atoms with Gasteiger partial charge in [0, 0.05) is 45.7 Å². The minimum Gasteiger partial charge on any atom is -0.487 e. The first-order valence-corrected chi connectivity index (χ1v) is 14.2. The van der Waals surface area contributed by atoms with Gasteiger partial charge in [0.1, 0.15) is 11.9 Å². The monoisotopic (exact) mass is 498 g/mol. The van der Waals surface area contributed by atoms with Gasteiger partial charge in [-0.05, 0) is 68.5 Å². The van der Waals surface area contributed by atoms with Crippen LogP contribution in [0.3, 0.4) is 0 Å². The van der Waals surface area contributed by atoms with E-state index < -0.39 is 0 Å². The summed E-state index contributed by atoms with van der Waals surface area (Å²) >= 11 is 13.0. The molecule has 0 unspecified atom stereocenters. The number of ether oxygens (including phenoxy) is 1. The fraction of sp³-hybridized carbons (Fsp3) is 0.586. The number of fused-ring (bicyclic) bond motifs is 3. The minimum absolute atomic E-state index is 0.283. The molecule has 2 saturated carbocycles. The van der Waals surface area contributed by atoms with Gasteiger partial charge in [0.25, 0.3) is 0 Å². The molecule has 0 aromatic heterocycles. The van der Waals surface area contributed by atoms with Gasteiger partial charge in [-0.15, -0.1) is 0 Å². The van der Waals surface area contributed by atoms with Crippen molar-refractivity contribution in [3.63, 3.8) is 0 Å². The number of nitrogens with one attached hydrogen (secondary N) is 1. The molecule has 2 aromatic rings. The van der Waals surface area contributed by atoms with E-state index in [1.54, 1.807) is 0 Å². The molecular formula is C29H36Cl2N2O. The van der Waals surface area contributed by atoms with E-state index in [2.05, 4.69) is 28.4 Å².